The normalized spacial score (nSPS) is 13.9. The monoisotopic (exact) mass is 297 g/mol. The number of nitrogens with zero attached hydrogens (tertiary/aromatic N) is 2. The Hall–Kier alpha value is -2.19. The van der Waals surface area contributed by atoms with E-state index < -0.39 is 0 Å². The lowest BCUT2D eigenvalue weighted by molar-refractivity contribution is 0.102. The molecule has 4 nitrogen and oxygen atoms in total. The van der Waals surface area contributed by atoms with Crippen LogP contribution in [0.4, 0.5) is 5.00 Å². The summed E-state index contributed by atoms with van der Waals surface area (Å²) in [5.74, 6) is -0.212. The lowest BCUT2D eigenvalue weighted by atomic mass is 10.1. The van der Waals surface area contributed by atoms with Crippen molar-refractivity contribution < 1.29 is 4.79 Å². The van der Waals surface area contributed by atoms with Gasteiger partial charge in [-0.3, -0.25) is 9.78 Å². The zero-order valence-electron chi connectivity index (χ0n) is 11.6. The van der Waals surface area contributed by atoms with E-state index in [1.54, 1.807) is 29.7 Å². The SMILES string of the molecule is N#Cc1c(NC(=O)c2cccnc2)sc2c1CCCCC2. The summed E-state index contributed by atoms with van der Waals surface area (Å²) in [5.41, 5.74) is 2.29. The minimum atomic E-state index is -0.212. The maximum Gasteiger partial charge on any atom is 0.257 e. The van der Waals surface area contributed by atoms with E-state index in [1.807, 2.05) is 0 Å². The molecule has 0 spiro atoms. The molecule has 0 aliphatic heterocycles. The van der Waals surface area contributed by atoms with Crippen molar-refractivity contribution in [3.8, 4) is 6.07 Å². The zero-order chi connectivity index (χ0) is 14.7. The summed E-state index contributed by atoms with van der Waals surface area (Å²) in [6, 6.07) is 5.71. The average molecular weight is 297 g/mol. The molecule has 0 saturated heterocycles. The van der Waals surface area contributed by atoms with Crippen LogP contribution in [0.5, 0.6) is 0 Å². The number of carbonyl (C=O) groups is 1. The standard InChI is InChI=1S/C16H15N3OS/c17-9-13-12-6-2-1-3-7-14(12)21-16(13)19-15(20)11-5-4-8-18-10-11/h4-5,8,10H,1-3,6-7H2,(H,19,20). The van der Waals surface area contributed by atoms with Crippen molar-refractivity contribution in [1.29, 1.82) is 5.26 Å². The molecule has 2 aromatic heterocycles. The molecule has 5 heteroatoms. The van der Waals surface area contributed by atoms with Crippen LogP contribution in [-0.2, 0) is 12.8 Å². The molecule has 2 aromatic rings. The second-order valence-electron chi connectivity index (χ2n) is 5.08. The first kappa shape index (κ1) is 13.8. The molecule has 1 aliphatic rings. The topological polar surface area (TPSA) is 65.8 Å². The number of thiophene rings is 1. The summed E-state index contributed by atoms with van der Waals surface area (Å²) >= 11 is 1.55. The summed E-state index contributed by atoms with van der Waals surface area (Å²) in [6.45, 7) is 0. The number of hydrogen-bond acceptors (Lipinski definition) is 4. The summed E-state index contributed by atoms with van der Waals surface area (Å²) in [5, 5.41) is 13.0. The number of pyridine rings is 1. The van der Waals surface area contributed by atoms with E-state index in [1.165, 1.54) is 17.5 Å². The number of nitriles is 1. The van der Waals surface area contributed by atoms with E-state index in [-0.39, 0.29) is 5.91 Å². The van der Waals surface area contributed by atoms with Gasteiger partial charge in [-0.25, -0.2) is 0 Å². The molecule has 0 fully saturated rings. The van der Waals surface area contributed by atoms with Gasteiger partial charge in [-0.2, -0.15) is 5.26 Å². The van der Waals surface area contributed by atoms with Gasteiger partial charge >= 0.3 is 0 Å². The van der Waals surface area contributed by atoms with E-state index in [2.05, 4.69) is 16.4 Å². The molecule has 1 aliphatic carbocycles. The molecule has 106 valence electrons. The fraction of sp³-hybridized carbons (Fsp3) is 0.312. The predicted octanol–water partition coefficient (Wildman–Crippen LogP) is 3.54. The third kappa shape index (κ3) is 2.81. The van der Waals surface area contributed by atoms with Crippen LogP contribution in [0, 0.1) is 11.3 Å². The van der Waals surface area contributed by atoms with Gasteiger partial charge in [0.1, 0.15) is 11.1 Å². The molecule has 1 amide bonds. The highest BCUT2D eigenvalue weighted by Gasteiger charge is 2.21. The molecular formula is C16H15N3OS. The van der Waals surface area contributed by atoms with Crippen molar-refractivity contribution in [1.82, 2.24) is 4.98 Å². The van der Waals surface area contributed by atoms with Crippen LogP contribution in [-0.4, -0.2) is 10.9 Å². The average Bonchev–Trinajstić information content (AvgIpc) is 2.68. The van der Waals surface area contributed by atoms with E-state index in [9.17, 15) is 10.1 Å². The van der Waals surface area contributed by atoms with Crippen LogP contribution in [0.15, 0.2) is 24.5 Å². The lowest BCUT2D eigenvalue weighted by Crippen LogP contribution is -2.11. The zero-order valence-corrected chi connectivity index (χ0v) is 12.4. The van der Waals surface area contributed by atoms with Crippen LogP contribution >= 0.6 is 11.3 Å². The van der Waals surface area contributed by atoms with E-state index in [4.69, 9.17) is 0 Å². The van der Waals surface area contributed by atoms with Gasteiger partial charge in [-0.15, -0.1) is 11.3 Å². The number of amides is 1. The van der Waals surface area contributed by atoms with Crippen molar-refractivity contribution >= 4 is 22.2 Å². The van der Waals surface area contributed by atoms with Gasteiger partial charge in [0.15, 0.2) is 0 Å². The first-order valence-electron chi connectivity index (χ1n) is 7.05. The largest absolute Gasteiger partial charge is 0.312 e. The highest BCUT2D eigenvalue weighted by molar-refractivity contribution is 7.16. The van der Waals surface area contributed by atoms with Gasteiger partial charge in [0, 0.05) is 17.3 Å². The summed E-state index contributed by atoms with van der Waals surface area (Å²) in [6.07, 6.45) is 8.60. The Morgan fingerprint density at radius 2 is 2.19 bits per heavy atom. The Morgan fingerprint density at radius 1 is 1.33 bits per heavy atom. The van der Waals surface area contributed by atoms with Gasteiger partial charge in [-0.05, 0) is 43.4 Å². The molecule has 0 bridgehead atoms. The van der Waals surface area contributed by atoms with E-state index in [0.717, 1.165) is 31.2 Å². The highest BCUT2D eigenvalue weighted by atomic mass is 32.1. The number of carbonyl (C=O) groups excluding carboxylic acids is 1. The second kappa shape index (κ2) is 6.06. The van der Waals surface area contributed by atoms with Crippen LogP contribution in [0.3, 0.4) is 0 Å². The van der Waals surface area contributed by atoms with Crippen molar-refractivity contribution in [3.63, 3.8) is 0 Å². The Kier molecular flexibility index (Phi) is 3.98. The minimum Gasteiger partial charge on any atom is -0.312 e. The Morgan fingerprint density at radius 3 is 2.95 bits per heavy atom. The molecule has 3 rings (SSSR count). The maximum absolute atomic E-state index is 12.2. The number of fused-ring (bicyclic) bond motifs is 1. The van der Waals surface area contributed by atoms with Gasteiger partial charge in [0.05, 0.1) is 11.1 Å². The van der Waals surface area contributed by atoms with Crippen LogP contribution < -0.4 is 5.32 Å². The Bertz CT molecular complexity index is 700. The third-order valence-electron chi connectivity index (χ3n) is 3.68. The fourth-order valence-corrected chi connectivity index (χ4v) is 3.86. The summed E-state index contributed by atoms with van der Waals surface area (Å²) < 4.78 is 0. The smallest absolute Gasteiger partial charge is 0.257 e. The van der Waals surface area contributed by atoms with Crippen LogP contribution in [0.1, 0.15) is 45.6 Å². The Labute approximate surface area is 127 Å². The van der Waals surface area contributed by atoms with Crippen molar-refractivity contribution in [2.45, 2.75) is 32.1 Å². The number of anilines is 1. The molecule has 21 heavy (non-hydrogen) atoms. The lowest BCUT2D eigenvalue weighted by Gasteiger charge is -2.03. The predicted molar refractivity (Wildman–Crippen MR) is 82.5 cm³/mol. The molecule has 0 radical (unpaired) electrons. The molecule has 2 heterocycles. The third-order valence-corrected chi connectivity index (χ3v) is 4.89. The Balaban J connectivity index is 1.89. The van der Waals surface area contributed by atoms with Crippen molar-refractivity contribution in [2.24, 2.45) is 0 Å². The van der Waals surface area contributed by atoms with Crippen molar-refractivity contribution in [3.05, 3.63) is 46.1 Å². The molecule has 0 aromatic carbocycles. The molecular weight excluding hydrogens is 282 g/mol. The second-order valence-corrected chi connectivity index (χ2v) is 6.18. The van der Waals surface area contributed by atoms with Gasteiger partial charge in [-0.1, -0.05) is 6.42 Å². The highest BCUT2D eigenvalue weighted by Crippen LogP contribution is 2.37. The van der Waals surface area contributed by atoms with Gasteiger partial charge in [0.25, 0.3) is 5.91 Å². The first-order chi connectivity index (χ1) is 10.3. The molecule has 1 N–H and O–H groups in total. The fourth-order valence-electron chi connectivity index (χ4n) is 2.62. The number of hydrogen-bond donors (Lipinski definition) is 1. The van der Waals surface area contributed by atoms with Crippen molar-refractivity contribution in [2.75, 3.05) is 5.32 Å². The first-order valence-corrected chi connectivity index (χ1v) is 7.87. The number of nitrogens with one attached hydrogen (secondary N) is 1. The van der Waals surface area contributed by atoms with Gasteiger partial charge in [0.2, 0.25) is 0 Å². The van der Waals surface area contributed by atoms with Crippen LogP contribution in [0.2, 0.25) is 0 Å². The minimum absolute atomic E-state index is 0.212. The molecule has 0 saturated carbocycles. The number of aromatic nitrogens is 1. The van der Waals surface area contributed by atoms with E-state index in [0.29, 0.717) is 16.1 Å². The summed E-state index contributed by atoms with van der Waals surface area (Å²) in [7, 11) is 0. The van der Waals surface area contributed by atoms with E-state index >= 15 is 0 Å². The molecule has 0 unspecified atom stereocenters. The molecule has 0 atom stereocenters. The summed E-state index contributed by atoms with van der Waals surface area (Å²) in [4.78, 5) is 17.4. The van der Waals surface area contributed by atoms with Gasteiger partial charge < -0.3 is 5.32 Å². The van der Waals surface area contributed by atoms with Crippen LogP contribution in [0.25, 0.3) is 0 Å². The number of rotatable bonds is 2. The quantitative estimate of drug-likeness (QED) is 0.862. The maximum atomic E-state index is 12.2. The number of aryl methyl sites for hydroxylation is 1.